The largest absolute Gasteiger partial charge is 0.480 e. The molecule has 1 aromatic rings. The SMILES string of the molecule is CCNC(Cn1nc(OC)ccc1=O)C1CC1. The summed E-state index contributed by atoms with van der Waals surface area (Å²) in [4.78, 5) is 11.7. The molecule has 1 fully saturated rings. The van der Waals surface area contributed by atoms with Gasteiger partial charge in [0.1, 0.15) is 0 Å². The monoisotopic (exact) mass is 237 g/mol. The summed E-state index contributed by atoms with van der Waals surface area (Å²) in [5.41, 5.74) is -0.0747. The summed E-state index contributed by atoms with van der Waals surface area (Å²) in [7, 11) is 1.56. The van der Waals surface area contributed by atoms with Crippen molar-refractivity contribution in [2.75, 3.05) is 13.7 Å². The molecule has 0 spiro atoms. The molecule has 1 aliphatic carbocycles. The quantitative estimate of drug-likeness (QED) is 0.789. The normalized spacial score (nSPS) is 16.8. The van der Waals surface area contributed by atoms with E-state index in [1.54, 1.807) is 13.2 Å². The molecule has 5 heteroatoms. The molecule has 0 aliphatic heterocycles. The van der Waals surface area contributed by atoms with E-state index in [1.165, 1.54) is 23.6 Å². The van der Waals surface area contributed by atoms with E-state index >= 15 is 0 Å². The summed E-state index contributed by atoms with van der Waals surface area (Å²) >= 11 is 0. The van der Waals surface area contributed by atoms with E-state index in [0.717, 1.165) is 6.54 Å². The maximum atomic E-state index is 11.7. The lowest BCUT2D eigenvalue weighted by molar-refractivity contribution is 0.348. The van der Waals surface area contributed by atoms with Crippen LogP contribution in [0.2, 0.25) is 0 Å². The standard InChI is InChI=1S/C12H19N3O2/c1-3-13-10(9-4-5-9)8-15-12(16)7-6-11(14-15)17-2/h6-7,9-10,13H,3-5,8H2,1-2H3. The van der Waals surface area contributed by atoms with Crippen molar-refractivity contribution in [2.45, 2.75) is 32.4 Å². The number of ether oxygens (including phenoxy) is 1. The minimum absolute atomic E-state index is 0.0747. The van der Waals surface area contributed by atoms with Crippen molar-refractivity contribution < 1.29 is 4.74 Å². The third-order valence-electron chi connectivity index (χ3n) is 3.08. The molecular weight excluding hydrogens is 218 g/mol. The van der Waals surface area contributed by atoms with Crippen LogP contribution in [0.25, 0.3) is 0 Å². The maximum Gasteiger partial charge on any atom is 0.267 e. The van der Waals surface area contributed by atoms with Gasteiger partial charge in [-0.1, -0.05) is 6.92 Å². The lowest BCUT2D eigenvalue weighted by Crippen LogP contribution is -2.38. The number of hydrogen-bond acceptors (Lipinski definition) is 4. The molecule has 1 N–H and O–H groups in total. The summed E-state index contributed by atoms with van der Waals surface area (Å²) < 4.78 is 6.53. The van der Waals surface area contributed by atoms with Crippen molar-refractivity contribution in [3.05, 3.63) is 22.5 Å². The zero-order valence-corrected chi connectivity index (χ0v) is 10.3. The Labute approximate surface area is 101 Å². The van der Waals surface area contributed by atoms with E-state index in [-0.39, 0.29) is 5.56 Å². The number of hydrogen-bond donors (Lipinski definition) is 1. The van der Waals surface area contributed by atoms with E-state index < -0.39 is 0 Å². The molecule has 17 heavy (non-hydrogen) atoms. The molecular formula is C12H19N3O2. The van der Waals surface area contributed by atoms with Crippen LogP contribution in [0.4, 0.5) is 0 Å². The van der Waals surface area contributed by atoms with Crippen molar-refractivity contribution >= 4 is 0 Å². The van der Waals surface area contributed by atoms with E-state index in [1.807, 2.05) is 0 Å². The molecule has 1 unspecified atom stereocenters. The molecule has 94 valence electrons. The molecule has 0 aromatic carbocycles. The van der Waals surface area contributed by atoms with Crippen LogP contribution in [-0.2, 0) is 6.54 Å². The Bertz CT molecular complexity index is 426. The van der Waals surface area contributed by atoms with Crippen LogP contribution in [0.1, 0.15) is 19.8 Å². The van der Waals surface area contributed by atoms with E-state index in [2.05, 4.69) is 17.3 Å². The Kier molecular flexibility index (Phi) is 3.78. The molecule has 0 amide bonds. The third-order valence-corrected chi connectivity index (χ3v) is 3.08. The number of aromatic nitrogens is 2. The van der Waals surface area contributed by atoms with Gasteiger partial charge in [-0.3, -0.25) is 4.79 Å². The predicted octanol–water partition coefficient (Wildman–Crippen LogP) is 0.640. The maximum absolute atomic E-state index is 11.7. The summed E-state index contributed by atoms with van der Waals surface area (Å²) in [6, 6.07) is 3.44. The molecule has 0 radical (unpaired) electrons. The number of methoxy groups -OCH3 is 1. The zero-order valence-electron chi connectivity index (χ0n) is 10.3. The molecule has 0 saturated heterocycles. The van der Waals surface area contributed by atoms with Gasteiger partial charge in [-0.25, -0.2) is 4.68 Å². The van der Waals surface area contributed by atoms with Crippen molar-refractivity contribution in [3.8, 4) is 5.88 Å². The first-order valence-electron chi connectivity index (χ1n) is 6.10. The van der Waals surface area contributed by atoms with Gasteiger partial charge in [0.15, 0.2) is 0 Å². The van der Waals surface area contributed by atoms with Gasteiger partial charge >= 0.3 is 0 Å². The fourth-order valence-electron chi connectivity index (χ4n) is 2.00. The van der Waals surface area contributed by atoms with Gasteiger partial charge < -0.3 is 10.1 Å². The van der Waals surface area contributed by atoms with Gasteiger partial charge in [-0.2, -0.15) is 0 Å². The molecule has 1 aliphatic rings. The fourth-order valence-corrected chi connectivity index (χ4v) is 2.00. The summed E-state index contributed by atoms with van der Waals surface area (Å²) in [5, 5.41) is 7.58. The minimum Gasteiger partial charge on any atom is -0.480 e. The number of likely N-dealkylation sites (N-methyl/N-ethyl adjacent to an activating group) is 1. The topological polar surface area (TPSA) is 56.1 Å². The molecule has 1 atom stereocenters. The van der Waals surface area contributed by atoms with Crippen LogP contribution in [0.5, 0.6) is 5.88 Å². The first-order chi connectivity index (χ1) is 8.24. The Balaban J connectivity index is 2.12. The minimum atomic E-state index is -0.0747. The molecule has 1 saturated carbocycles. The molecule has 1 aromatic heterocycles. The van der Waals surface area contributed by atoms with Crippen molar-refractivity contribution in [2.24, 2.45) is 5.92 Å². The highest BCUT2D eigenvalue weighted by atomic mass is 16.5. The first kappa shape index (κ1) is 12.1. The Hall–Kier alpha value is -1.36. The Morgan fingerprint density at radius 3 is 2.94 bits per heavy atom. The van der Waals surface area contributed by atoms with Gasteiger partial charge in [-0.05, 0) is 25.3 Å². The van der Waals surface area contributed by atoms with Crippen molar-refractivity contribution in [3.63, 3.8) is 0 Å². The molecule has 5 nitrogen and oxygen atoms in total. The van der Waals surface area contributed by atoms with Crippen molar-refractivity contribution in [1.82, 2.24) is 15.1 Å². The lowest BCUT2D eigenvalue weighted by Gasteiger charge is -2.17. The number of nitrogens with zero attached hydrogens (tertiary/aromatic N) is 2. The second kappa shape index (κ2) is 5.31. The molecule has 1 heterocycles. The smallest absolute Gasteiger partial charge is 0.267 e. The predicted molar refractivity (Wildman–Crippen MR) is 65.2 cm³/mol. The van der Waals surface area contributed by atoms with Gasteiger partial charge in [0, 0.05) is 18.2 Å². The second-order valence-electron chi connectivity index (χ2n) is 4.40. The van der Waals surface area contributed by atoms with Crippen molar-refractivity contribution in [1.29, 1.82) is 0 Å². The average molecular weight is 237 g/mol. The number of nitrogens with one attached hydrogen (secondary N) is 1. The average Bonchev–Trinajstić information content (AvgIpc) is 3.15. The van der Waals surface area contributed by atoms with E-state index in [0.29, 0.717) is 24.4 Å². The van der Waals surface area contributed by atoms with E-state index in [9.17, 15) is 4.79 Å². The van der Waals surface area contributed by atoms with Gasteiger partial charge in [0.05, 0.1) is 13.7 Å². The van der Waals surface area contributed by atoms with E-state index in [4.69, 9.17) is 4.74 Å². The van der Waals surface area contributed by atoms with Crippen LogP contribution in [0, 0.1) is 5.92 Å². The highest BCUT2D eigenvalue weighted by Crippen LogP contribution is 2.33. The summed E-state index contributed by atoms with van der Waals surface area (Å²) in [6.45, 7) is 3.62. The van der Waals surface area contributed by atoms with Crippen LogP contribution in [0.15, 0.2) is 16.9 Å². The summed E-state index contributed by atoms with van der Waals surface area (Å²) in [5.74, 6) is 1.17. The van der Waals surface area contributed by atoms with Crippen LogP contribution < -0.4 is 15.6 Å². The summed E-state index contributed by atoms with van der Waals surface area (Å²) in [6.07, 6.45) is 2.49. The second-order valence-corrected chi connectivity index (χ2v) is 4.40. The fraction of sp³-hybridized carbons (Fsp3) is 0.667. The highest BCUT2D eigenvalue weighted by Gasteiger charge is 2.31. The van der Waals surface area contributed by atoms with Crippen LogP contribution in [-0.4, -0.2) is 29.5 Å². The Morgan fingerprint density at radius 2 is 2.35 bits per heavy atom. The zero-order chi connectivity index (χ0) is 12.3. The first-order valence-corrected chi connectivity index (χ1v) is 6.10. The molecule has 2 rings (SSSR count). The van der Waals surface area contributed by atoms with Gasteiger partial charge in [0.25, 0.3) is 5.56 Å². The Morgan fingerprint density at radius 1 is 1.59 bits per heavy atom. The number of rotatable bonds is 6. The third kappa shape index (κ3) is 3.06. The van der Waals surface area contributed by atoms with Crippen LogP contribution in [0.3, 0.4) is 0 Å². The van der Waals surface area contributed by atoms with Crippen LogP contribution >= 0.6 is 0 Å². The highest BCUT2D eigenvalue weighted by molar-refractivity contribution is 5.06. The lowest BCUT2D eigenvalue weighted by atomic mass is 10.2. The molecule has 0 bridgehead atoms. The van der Waals surface area contributed by atoms with Gasteiger partial charge in [-0.15, -0.1) is 5.10 Å². The van der Waals surface area contributed by atoms with Gasteiger partial charge in [0.2, 0.25) is 5.88 Å².